The molecule has 0 aromatic carbocycles. The van der Waals surface area contributed by atoms with Gasteiger partial charge < -0.3 is 9.84 Å². The average Bonchev–Trinajstić information content (AvgIpc) is 2.43. The Morgan fingerprint density at radius 2 is 2.30 bits per heavy atom. The number of carboxylic acids is 1. The zero-order valence-corrected chi connectivity index (χ0v) is 11.4. The van der Waals surface area contributed by atoms with E-state index in [9.17, 15) is 13.2 Å². The molecular weight excluding hydrogens is 286 g/mol. The van der Waals surface area contributed by atoms with Crippen LogP contribution in [0.1, 0.15) is 12.1 Å². The number of methoxy groups -OCH3 is 1. The van der Waals surface area contributed by atoms with Gasteiger partial charge in [-0.15, -0.1) is 0 Å². The first-order valence-electron chi connectivity index (χ1n) is 5.49. The van der Waals surface area contributed by atoms with Crippen molar-refractivity contribution >= 4 is 16.0 Å². The van der Waals surface area contributed by atoms with E-state index >= 15 is 0 Å². The quantitative estimate of drug-likeness (QED) is 0.708. The molecule has 0 fully saturated rings. The van der Waals surface area contributed by atoms with Gasteiger partial charge in [0.1, 0.15) is 16.7 Å². The van der Waals surface area contributed by atoms with Crippen LogP contribution in [0.25, 0.3) is 0 Å². The monoisotopic (exact) mass is 299 g/mol. The molecule has 1 atom stereocenters. The van der Waals surface area contributed by atoms with Gasteiger partial charge in [0.2, 0.25) is 10.0 Å². The molecule has 20 heavy (non-hydrogen) atoms. The van der Waals surface area contributed by atoms with E-state index in [1.807, 2.05) is 0 Å². The van der Waals surface area contributed by atoms with Crippen molar-refractivity contribution in [2.75, 3.05) is 13.7 Å². The average molecular weight is 299 g/mol. The number of carboxylic acid groups (broad SMARTS) is 1. The van der Waals surface area contributed by atoms with Crippen LogP contribution in [0, 0.1) is 11.3 Å². The topological polar surface area (TPSA) is 129 Å². The number of ether oxygens (including phenoxy) is 1. The third-order valence-electron chi connectivity index (χ3n) is 2.40. The molecule has 0 aliphatic carbocycles. The summed E-state index contributed by atoms with van der Waals surface area (Å²) in [5, 5.41) is 17.2. The summed E-state index contributed by atoms with van der Waals surface area (Å²) in [6.45, 7) is -0.175. The van der Waals surface area contributed by atoms with Crippen LogP contribution in [0.2, 0.25) is 0 Å². The van der Waals surface area contributed by atoms with Crippen LogP contribution in [-0.2, 0) is 19.6 Å². The first kappa shape index (κ1) is 16.0. The van der Waals surface area contributed by atoms with Gasteiger partial charge in [-0.25, -0.2) is 18.1 Å². The van der Waals surface area contributed by atoms with Crippen molar-refractivity contribution in [3.63, 3.8) is 0 Å². The molecular formula is C11H13N3O5S. The van der Waals surface area contributed by atoms with Crippen LogP contribution in [0.3, 0.4) is 0 Å². The van der Waals surface area contributed by atoms with Crippen LogP contribution in [0.4, 0.5) is 0 Å². The summed E-state index contributed by atoms with van der Waals surface area (Å²) in [5.74, 6) is -1.09. The van der Waals surface area contributed by atoms with Gasteiger partial charge in [0, 0.05) is 19.9 Å². The predicted molar refractivity (Wildman–Crippen MR) is 67.2 cm³/mol. The maximum Gasteiger partial charge on any atom is 0.306 e. The van der Waals surface area contributed by atoms with Crippen molar-refractivity contribution in [1.29, 1.82) is 5.26 Å². The zero-order valence-electron chi connectivity index (χ0n) is 10.6. The van der Waals surface area contributed by atoms with Crippen molar-refractivity contribution in [3.8, 4) is 6.07 Å². The van der Waals surface area contributed by atoms with Crippen LogP contribution in [0.15, 0.2) is 23.2 Å². The lowest BCUT2D eigenvalue weighted by molar-refractivity contribution is -0.139. The molecule has 1 unspecified atom stereocenters. The van der Waals surface area contributed by atoms with Crippen LogP contribution >= 0.6 is 0 Å². The lowest BCUT2D eigenvalue weighted by Crippen LogP contribution is -2.34. The van der Waals surface area contributed by atoms with E-state index in [1.165, 1.54) is 19.2 Å². The minimum absolute atomic E-state index is 0.101. The number of nitrogens with one attached hydrogen (secondary N) is 1. The number of rotatable bonds is 7. The van der Waals surface area contributed by atoms with Gasteiger partial charge in [0.25, 0.3) is 0 Å². The summed E-state index contributed by atoms with van der Waals surface area (Å²) in [6.07, 6.45) is -0.0292. The third kappa shape index (κ3) is 4.58. The molecule has 1 heterocycles. The Labute approximate surface area is 116 Å². The minimum Gasteiger partial charge on any atom is -0.481 e. The van der Waals surface area contributed by atoms with Crippen molar-refractivity contribution in [2.24, 2.45) is 0 Å². The molecule has 1 rings (SSSR count). The number of hydrogen-bond acceptors (Lipinski definition) is 6. The summed E-state index contributed by atoms with van der Waals surface area (Å²) in [6, 6.07) is 4.30. The summed E-state index contributed by atoms with van der Waals surface area (Å²) >= 11 is 0. The Bertz CT molecular complexity index is 606. The second kappa shape index (κ2) is 6.95. The molecule has 108 valence electrons. The van der Waals surface area contributed by atoms with E-state index < -0.39 is 22.1 Å². The van der Waals surface area contributed by atoms with E-state index in [1.54, 1.807) is 6.07 Å². The second-order valence-electron chi connectivity index (χ2n) is 3.80. The van der Waals surface area contributed by atoms with Crippen LogP contribution < -0.4 is 4.72 Å². The number of aromatic nitrogens is 1. The highest BCUT2D eigenvalue weighted by Gasteiger charge is 2.19. The number of pyridine rings is 1. The van der Waals surface area contributed by atoms with Gasteiger partial charge in [-0.3, -0.25) is 4.79 Å². The third-order valence-corrected chi connectivity index (χ3v) is 3.81. The molecule has 2 N–H and O–H groups in total. The fraction of sp³-hybridized carbons (Fsp3) is 0.364. The predicted octanol–water partition coefficient (Wildman–Crippen LogP) is -0.279. The molecule has 1 aromatic rings. The molecule has 0 aliphatic rings. The van der Waals surface area contributed by atoms with E-state index in [-0.39, 0.29) is 23.6 Å². The number of carbonyl (C=O) groups is 1. The molecule has 0 aliphatic heterocycles. The maximum absolute atomic E-state index is 11.9. The molecule has 0 radical (unpaired) electrons. The van der Waals surface area contributed by atoms with Gasteiger partial charge in [-0.05, 0) is 12.1 Å². The zero-order chi connectivity index (χ0) is 15.2. The van der Waals surface area contributed by atoms with Gasteiger partial charge in [0.05, 0.1) is 12.5 Å². The molecule has 0 amide bonds. The van der Waals surface area contributed by atoms with Crippen molar-refractivity contribution in [1.82, 2.24) is 9.71 Å². The molecule has 0 saturated carbocycles. The second-order valence-corrected chi connectivity index (χ2v) is 5.57. The molecule has 1 aromatic heterocycles. The highest BCUT2D eigenvalue weighted by molar-refractivity contribution is 7.89. The van der Waals surface area contributed by atoms with Crippen LogP contribution in [0.5, 0.6) is 0 Å². The van der Waals surface area contributed by atoms with E-state index in [0.717, 1.165) is 6.20 Å². The first-order chi connectivity index (χ1) is 9.39. The lowest BCUT2D eigenvalue weighted by Gasteiger charge is -2.14. The number of hydrogen-bond donors (Lipinski definition) is 2. The van der Waals surface area contributed by atoms with E-state index in [0.29, 0.717) is 0 Å². The fourth-order valence-corrected chi connectivity index (χ4v) is 2.34. The standard InChI is InChI=1S/C11H13N3O5S/c1-19-9(4-11(15)16)6-14-20(17,18)10-3-2-8(5-12)13-7-10/h2-3,7,9,14H,4,6H2,1H3,(H,15,16). The SMILES string of the molecule is COC(CNS(=O)(=O)c1ccc(C#N)nc1)CC(=O)O. The van der Waals surface area contributed by atoms with Gasteiger partial charge in [0.15, 0.2) is 0 Å². The highest BCUT2D eigenvalue weighted by Crippen LogP contribution is 2.08. The smallest absolute Gasteiger partial charge is 0.306 e. The number of nitrogens with zero attached hydrogens (tertiary/aromatic N) is 2. The Kier molecular flexibility index (Phi) is 5.57. The van der Waals surface area contributed by atoms with Gasteiger partial charge >= 0.3 is 5.97 Å². The molecule has 0 spiro atoms. The van der Waals surface area contributed by atoms with Crippen molar-refractivity contribution in [3.05, 3.63) is 24.0 Å². The summed E-state index contributed by atoms with van der Waals surface area (Å²) in [4.78, 5) is 14.1. The molecule has 0 saturated heterocycles. The largest absolute Gasteiger partial charge is 0.481 e. The summed E-state index contributed by atoms with van der Waals surface area (Å²) < 4.78 is 30.9. The normalized spacial score (nSPS) is 12.6. The minimum atomic E-state index is -3.82. The maximum atomic E-state index is 11.9. The van der Waals surface area contributed by atoms with Gasteiger partial charge in [-0.1, -0.05) is 0 Å². The Morgan fingerprint density at radius 1 is 1.60 bits per heavy atom. The first-order valence-corrected chi connectivity index (χ1v) is 6.97. The van der Waals surface area contributed by atoms with Crippen molar-refractivity contribution < 1.29 is 23.1 Å². The van der Waals surface area contributed by atoms with E-state index in [4.69, 9.17) is 15.1 Å². The molecule has 9 heteroatoms. The Balaban J connectivity index is 2.74. The van der Waals surface area contributed by atoms with Crippen molar-refractivity contribution in [2.45, 2.75) is 17.4 Å². The summed E-state index contributed by atoms with van der Waals surface area (Å²) in [7, 11) is -2.52. The Hall–Kier alpha value is -2.02. The number of aliphatic carboxylic acids is 1. The number of sulfonamides is 1. The van der Waals surface area contributed by atoms with Gasteiger partial charge in [-0.2, -0.15) is 5.26 Å². The van der Waals surface area contributed by atoms with E-state index in [2.05, 4.69) is 9.71 Å². The molecule has 8 nitrogen and oxygen atoms in total. The number of nitriles is 1. The summed E-state index contributed by atoms with van der Waals surface area (Å²) in [5.41, 5.74) is 0.101. The fourth-order valence-electron chi connectivity index (χ4n) is 1.32. The molecule has 0 bridgehead atoms. The highest BCUT2D eigenvalue weighted by atomic mass is 32.2. The lowest BCUT2D eigenvalue weighted by atomic mass is 10.2. The Morgan fingerprint density at radius 3 is 2.75 bits per heavy atom. The van der Waals surface area contributed by atoms with Crippen LogP contribution in [-0.4, -0.2) is 44.2 Å².